The Kier molecular flexibility index (Phi) is 3.69. The van der Waals surface area contributed by atoms with Crippen LogP contribution >= 0.6 is 11.6 Å². The Morgan fingerprint density at radius 3 is 2.67 bits per heavy atom. The van der Waals surface area contributed by atoms with Crippen molar-refractivity contribution >= 4 is 23.5 Å². The van der Waals surface area contributed by atoms with Gasteiger partial charge in [-0.15, -0.1) is 0 Å². The number of carbonyl (C=O) groups is 2. The molecular weight excluding hydrogens is 292 g/mol. The molecule has 0 aromatic carbocycles. The van der Waals surface area contributed by atoms with Crippen LogP contribution in [0.5, 0.6) is 0 Å². The fourth-order valence-electron chi connectivity index (χ4n) is 3.05. The molecule has 3 rings (SSSR count). The lowest BCUT2D eigenvalue weighted by Gasteiger charge is -2.40. The Morgan fingerprint density at radius 1 is 1.43 bits per heavy atom. The zero-order valence-corrected chi connectivity index (χ0v) is 12.5. The number of carbonyl (C=O) groups excluding carboxylic acids is 1. The van der Waals surface area contributed by atoms with Crippen LogP contribution in [-0.4, -0.2) is 28.1 Å². The van der Waals surface area contributed by atoms with E-state index in [1.807, 2.05) is 4.57 Å². The van der Waals surface area contributed by atoms with Gasteiger partial charge in [0.25, 0.3) is 5.91 Å². The molecule has 0 unspecified atom stereocenters. The molecule has 1 heterocycles. The summed E-state index contributed by atoms with van der Waals surface area (Å²) >= 11 is 6.00. The highest BCUT2D eigenvalue weighted by molar-refractivity contribution is 6.31. The zero-order chi connectivity index (χ0) is 15.0. The number of amides is 1. The summed E-state index contributed by atoms with van der Waals surface area (Å²) in [6, 6.07) is 2.06. The number of carboxylic acid groups (broad SMARTS) is 1. The monoisotopic (exact) mass is 310 g/mol. The predicted molar refractivity (Wildman–Crippen MR) is 78.6 cm³/mol. The van der Waals surface area contributed by atoms with Gasteiger partial charge in [-0.1, -0.05) is 18.0 Å². The largest absolute Gasteiger partial charge is 0.481 e. The first kappa shape index (κ1) is 14.4. The Labute approximate surface area is 128 Å². The minimum atomic E-state index is -0.798. The highest BCUT2D eigenvalue weighted by atomic mass is 35.5. The summed E-state index contributed by atoms with van der Waals surface area (Å²) < 4.78 is 1.93. The zero-order valence-electron chi connectivity index (χ0n) is 11.8. The van der Waals surface area contributed by atoms with Gasteiger partial charge in [-0.3, -0.25) is 9.59 Å². The van der Waals surface area contributed by atoms with E-state index in [9.17, 15) is 9.59 Å². The maximum absolute atomic E-state index is 12.3. The van der Waals surface area contributed by atoms with E-state index in [2.05, 4.69) is 5.32 Å². The van der Waals surface area contributed by atoms with Gasteiger partial charge in [0.2, 0.25) is 0 Å². The number of hydrogen-bond donors (Lipinski definition) is 2. The van der Waals surface area contributed by atoms with Crippen LogP contribution < -0.4 is 5.32 Å². The molecule has 2 aliphatic rings. The molecule has 6 heteroatoms. The quantitative estimate of drug-likeness (QED) is 0.848. The van der Waals surface area contributed by atoms with E-state index in [0.29, 0.717) is 23.3 Å². The third-order valence-electron chi connectivity index (χ3n) is 4.55. The van der Waals surface area contributed by atoms with Crippen molar-refractivity contribution in [2.24, 2.45) is 5.41 Å². The molecule has 5 nitrogen and oxygen atoms in total. The fourth-order valence-corrected chi connectivity index (χ4v) is 3.26. The molecule has 2 aliphatic carbocycles. The smallest absolute Gasteiger partial charge is 0.303 e. The molecule has 0 spiro atoms. The molecule has 1 amide bonds. The lowest BCUT2D eigenvalue weighted by atomic mass is 9.66. The van der Waals surface area contributed by atoms with E-state index in [1.165, 1.54) is 0 Å². The molecule has 0 bridgehead atoms. The minimum Gasteiger partial charge on any atom is -0.481 e. The summed E-state index contributed by atoms with van der Waals surface area (Å²) in [6.07, 6.45) is 6.84. The molecule has 1 aromatic heterocycles. The van der Waals surface area contributed by atoms with Crippen molar-refractivity contribution in [1.29, 1.82) is 0 Å². The molecule has 0 saturated heterocycles. The second-order valence-corrected chi connectivity index (χ2v) is 6.73. The van der Waals surface area contributed by atoms with E-state index >= 15 is 0 Å². The number of nitrogens with one attached hydrogen (secondary N) is 1. The van der Waals surface area contributed by atoms with Crippen molar-refractivity contribution in [3.63, 3.8) is 0 Å². The maximum atomic E-state index is 12.3. The molecule has 2 fully saturated rings. The lowest BCUT2D eigenvalue weighted by Crippen LogP contribution is -2.43. The Bertz CT molecular complexity index is 573. The number of carboxylic acids is 1. The molecule has 2 saturated carbocycles. The van der Waals surface area contributed by atoms with Gasteiger partial charge in [-0.05, 0) is 37.2 Å². The Hall–Kier alpha value is -1.49. The molecular formula is C15H19ClN2O3. The Morgan fingerprint density at radius 2 is 2.14 bits per heavy atom. The van der Waals surface area contributed by atoms with E-state index in [0.717, 1.165) is 32.1 Å². The number of halogens is 1. The number of aromatic nitrogens is 1. The van der Waals surface area contributed by atoms with Crippen LogP contribution in [0.2, 0.25) is 5.02 Å². The number of rotatable bonds is 6. The SMILES string of the molecule is O=C(O)CC1(CNC(=O)c2cc(Cl)cn2C2CC2)CCC1. The van der Waals surface area contributed by atoms with Crippen LogP contribution in [-0.2, 0) is 4.79 Å². The second kappa shape index (κ2) is 5.37. The van der Waals surface area contributed by atoms with Crippen molar-refractivity contribution in [1.82, 2.24) is 9.88 Å². The van der Waals surface area contributed by atoms with Gasteiger partial charge in [0.1, 0.15) is 5.69 Å². The molecule has 0 aliphatic heterocycles. The molecule has 0 atom stereocenters. The van der Waals surface area contributed by atoms with Gasteiger partial charge in [-0.2, -0.15) is 0 Å². The van der Waals surface area contributed by atoms with E-state index < -0.39 is 5.97 Å². The lowest BCUT2D eigenvalue weighted by molar-refractivity contribution is -0.141. The van der Waals surface area contributed by atoms with Gasteiger partial charge in [0, 0.05) is 18.8 Å². The highest BCUT2D eigenvalue weighted by Crippen LogP contribution is 2.43. The van der Waals surface area contributed by atoms with Crippen LogP contribution in [0.15, 0.2) is 12.3 Å². The Balaban J connectivity index is 1.65. The molecule has 21 heavy (non-hydrogen) atoms. The van der Waals surface area contributed by atoms with Gasteiger partial charge in [-0.25, -0.2) is 0 Å². The van der Waals surface area contributed by atoms with E-state index in [-0.39, 0.29) is 17.7 Å². The van der Waals surface area contributed by atoms with Gasteiger partial charge < -0.3 is 15.0 Å². The summed E-state index contributed by atoms with van der Waals surface area (Å²) in [5.41, 5.74) is 0.315. The predicted octanol–water partition coefficient (Wildman–Crippen LogP) is 2.85. The van der Waals surface area contributed by atoms with Crippen LogP contribution in [0, 0.1) is 5.41 Å². The molecule has 114 valence electrons. The van der Waals surface area contributed by atoms with Crippen molar-refractivity contribution < 1.29 is 14.7 Å². The van der Waals surface area contributed by atoms with Gasteiger partial charge in [0.15, 0.2) is 0 Å². The van der Waals surface area contributed by atoms with Gasteiger partial charge >= 0.3 is 5.97 Å². The summed E-state index contributed by atoms with van der Waals surface area (Å²) in [4.78, 5) is 23.3. The van der Waals surface area contributed by atoms with Crippen molar-refractivity contribution in [2.75, 3.05) is 6.54 Å². The summed E-state index contributed by atoms with van der Waals surface area (Å²) in [7, 11) is 0. The fraction of sp³-hybridized carbons (Fsp3) is 0.600. The first-order valence-corrected chi connectivity index (χ1v) is 7.74. The number of hydrogen-bond acceptors (Lipinski definition) is 2. The minimum absolute atomic E-state index is 0.123. The van der Waals surface area contributed by atoms with E-state index in [1.54, 1.807) is 12.3 Å². The van der Waals surface area contributed by atoms with Gasteiger partial charge in [0.05, 0.1) is 11.4 Å². The van der Waals surface area contributed by atoms with E-state index in [4.69, 9.17) is 16.7 Å². The highest BCUT2D eigenvalue weighted by Gasteiger charge is 2.39. The average Bonchev–Trinajstić information content (AvgIpc) is 3.15. The summed E-state index contributed by atoms with van der Waals surface area (Å²) in [6.45, 7) is 0.422. The number of aliphatic carboxylic acids is 1. The third kappa shape index (κ3) is 3.07. The first-order valence-electron chi connectivity index (χ1n) is 7.36. The molecule has 2 N–H and O–H groups in total. The normalized spacial score (nSPS) is 19.9. The maximum Gasteiger partial charge on any atom is 0.303 e. The standard InChI is InChI=1S/C15H19ClN2O3/c16-10-6-12(18(8-10)11-2-3-11)14(21)17-9-15(4-1-5-15)7-13(19)20/h6,8,11H,1-5,7,9H2,(H,17,21)(H,19,20). The van der Waals surface area contributed by atoms with Crippen LogP contribution in [0.4, 0.5) is 0 Å². The van der Waals surface area contributed by atoms with Crippen LogP contribution in [0.1, 0.15) is 55.1 Å². The van der Waals surface area contributed by atoms with Crippen molar-refractivity contribution in [3.8, 4) is 0 Å². The van der Waals surface area contributed by atoms with Crippen molar-refractivity contribution in [2.45, 2.75) is 44.6 Å². The summed E-state index contributed by atoms with van der Waals surface area (Å²) in [5.74, 6) is -0.959. The third-order valence-corrected chi connectivity index (χ3v) is 4.76. The summed E-state index contributed by atoms with van der Waals surface area (Å²) in [5, 5.41) is 12.5. The van der Waals surface area contributed by atoms with Crippen LogP contribution in [0.3, 0.4) is 0 Å². The topological polar surface area (TPSA) is 71.3 Å². The van der Waals surface area contributed by atoms with Crippen LogP contribution in [0.25, 0.3) is 0 Å². The molecule has 0 radical (unpaired) electrons. The number of nitrogens with zero attached hydrogens (tertiary/aromatic N) is 1. The first-order chi connectivity index (χ1) is 9.99. The average molecular weight is 311 g/mol. The molecule has 1 aromatic rings. The second-order valence-electron chi connectivity index (χ2n) is 6.29. The van der Waals surface area contributed by atoms with Crippen molar-refractivity contribution in [3.05, 3.63) is 23.0 Å².